The van der Waals surface area contributed by atoms with Crippen molar-refractivity contribution >= 4 is 13.8 Å². The first-order chi connectivity index (χ1) is 29.0. The fraction of sp³-hybridized carbons (Fsp3) is 0.851. The van der Waals surface area contributed by atoms with E-state index in [4.69, 9.17) is 18.5 Å². The Morgan fingerprint density at radius 3 is 1.42 bits per heavy atom. The normalized spacial score (nSPS) is 22.6. The van der Waals surface area contributed by atoms with Gasteiger partial charge in [-0.25, -0.2) is 4.57 Å². The summed E-state index contributed by atoms with van der Waals surface area (Å²) in [5, 5.41) is 50.2. The third-order valence-electron chi connectivity index (χ3n) is 11.0. The van der Waals surface area contributed by atoms with Gasteiger partial charge in [0.25, 0.3) is 0 Å². The van der Waals surface area contributed by atoms with Gasteiger partial charge in [0, 0.05) is 13.0 Å². The monoisotopic (exact) mass is 875 g/mol. The van der Waals surface area contributed by atoms with Crippen molar-refractivity contribution < 1.29 is 58.3 Å². The Kier molecular flexibility index (Phi) is 35.9. The maximum absolute atomic E-state index is 12.8. The molecular weight excluding hydrogens is 787 g/mol. The molecule has 0 aromatic rings. The maximum atomic E-state index is 12.8. The molecule has 0 saturated heterocycles. The Labute approximate surface area is 363 Å². The van der Waals surface area contributed by atoms with Gasteiger partial charge < -0.3 is 39.9 Å². The predicted octanol–water partition coefficient (Wildman–Crippen LogP) is 9.87. The number of unbranched alkanes of at least 4 members (excludes halogenated alkanes) is 22. The smallest absolute Gasteiger partial charge is 0.457 e. The molecule has 12 nitrogen and oxygen atoms in total. The minimum Gasteiger partial charge on any atom is -0.457 e. The number of rotatable bonds is 40. The summed E-state index contributed by atoms with van der Waals surface area (Å²) in [6.07, 6.45) is 32.1. The van der Waals surface area contributed by atoms with Gasteiger partial charge in [0.05, 0.1) is 13.2 Å². The lowest BCUT2D eigenvalue weighted by atomic mass is 9.85. The van der Waals surface area contributed by atoms with E-state index >= 15 is 0 Å². The molecule has 0 bridgehead atoms. The highest BCUT2D eigenvalue weighted by Crippen LogP contribution is 2.47. The second-order valence-electron chi connectivity index (χ2n) is 16.6. The van der Waals surface area contributed by atoms with Crippen molar-refractivity contribution in [2.75, 3.05) is 19.8 Å². The fourth-order valence-electron chi connectivity index (χ4n) is 7.19. The molecule has 0 aromatic heterocycles. The minimum absolute atomic E-state index is 0.0799. The van der Waals surface area contributed by atoms with Crippen LogP contribution in [0.3, 0.4) is 0 Å². The number of esters is 1. The largest absolute Gasteiger partial charge is 0.472 e. The van der Waals surface area contributed by atoms with E-state index in [0.29, 0.717) is 13.0 Å². The number of carbonyl (C=O) groups is 1. The van der Waals surface area contributed by atoms with Crippen molar-refractivity contribution in [3.63, 3.8) is 0 Å². The number of hydrogen-bond donors (Lipinski definition) is 6. The first kappa shape index (κ1) is 56.6. The summed E-state index contributed by atoms with van der Waals surface area (Å²) in [5.41, 5.74) is 0. The summed E-state index contributed by atoms with van der Waals surface area (Å²) >= 11 is 0. The van der Waals surface area contributed by atoms with E-state index in [-0.39, 0.29) is 13.0 Å². The van der Waals surface area contributed by atoms with Crippen molar-refractivity contribution in [3.05, 3.63) is 36.5 Å². The molecule has 1 fully saturated rings. The van der Waals surface area contributed by atoms with Crippen molar-refractivity contribution in [1.29, 1.82) is 0 Å². The van der Waals surface area contributed by atoms with E-state index in [0.717, 1.165) is 70.6 Å². The summed E-state index contributed by atoms with van der Waals surface area (Å²) in [6, 6.07) is 0. The van der Waals surface area contributed by atoms with E-state index < -0.39 is 63.1 Å². The number of carbonyl (C=O) groups excluding carboxylic acids is 1. The van der Waals surface area contributed by atoms with E-state index in [1.54, 1.807) is 0 Å². The highest BCUT2D eigenvalue weighted by molar-refractivity contribution is 7.47. The van der Waals surface area contributed by atoms with Crippen LogP contribution in [0.5, 0.6) is 0 Å². The quantitative estimate of drug-likeness (QED) is 0.0148. The Balaban J connectivity index is 2.37. The van der Waals surface area contributed by atoms with Crippen LogP contribution in [-0.4, -0.2) is 98.9 Å². The number of allylic oxidation sites excluding steroid dienone is 6. The van der Waals surface area contributed by atoms with Gasteiger partial charge in [0.1, 0.15) is 42.7 Å². The third kappa shape index (κ3) is 29.8. The molecule has 0 aromatic carbocycles. The highest BCUT2D eigenvalue weighted by Gasteiger charge is 2.51. The molecule has 1 aliphatic rings. The Hall–Kier alpha value is -1.44. The Bertz CT molecular complexity index is 1130. The lowest BCUT2D eigenvalue weighted by molar-refractivity contribution is -0.220. The molecule has 6 N–H and O–H groups in total. The SMILES string of the molecule is CCCCCCC/C=C\C/C=C\C/C=C\CCCCCCCCC(=O)OC(COCCCCCCCCCCCCCC)COP(=O)(O)OC1C(O)C(O)C(O)C(O)C1O. The molecule has 1 aliphatic carbocycles. The molecule has 1 rings (SSSR count). The highest BCUT2D eigenvalue weighted by atomic mass is 31.2. The molecule has 352 valence electrons. The van der Waals surface area contributed by atoms with E-state index in [9.17, 15) is 39.8 Å². The van der Waals surface area contributed by atoms with Gasteiger partial charge in [-0.3, -0.25) is 13.8 Å². The van der Waals surface area contributed by atoms with E-state index in [1.165, 1.54) is 96.3 Å². The Morgan fingerprint density at radius 2 is 0.933 bits per heavy atom. The molecule has 13 heteroatoms. The molecule has 0 heterocycles. The number of aliphatic hydroxyl groups excluding tert-OH is 5. The molecule has 0 aliphatic heterocycles. The van der Waals surface area contributed by atoms with Crippen LogP contribution in [0.2, 0.25) is 0 Å². The van der Waals surface area contributed by atoms with Crippen LogP contribution >= 0.6 is 7.82 Å². The van der Waals surface area contributed by atoms with Crippen LogP contribution in [0, 0.1) is 0 Å². The first-order valence-corrected chi connectivity index (χ1v) is 25.3. The third-order valence-corrected chi connectivity index (χ3v) is 12.0. The lowest BCUT2D eigenvalue weighted by Crippen LogP contribution is -2.64. The molecule has 0 spiro atoms. The van der Waals surface area contributed by atoms with Crippen LogP contribution < -0.4 is 0 Å². The van der Waals surface area contributed by atoms with Crippen LogP contribution in [0.15, 0.2) is 36.5 Å². The zero-order valence-electron chi connectivity index (χ0n) is 37.5. The maximum Gasteiger partial charge on any atom is 0.472 e. The second-order valence-corrected chi connectivity index (χ2v) is 18.0. The van der Waals surface area contributed by atoms with Gasteiger partial charge in [-0.05, 0) is 51.4 Å². The standard InChI is InChI=1S/C47H87O12P/c1-3-5-7-9-11-13-15-17-18-19-20-21-22-23-24-25-26-28-30-32-34-36-41(48)58-40(38-56-37-35-33-31-29-27-16-14-12-10-8-6-4-2)39-57-60(54,55)59-47-45(52)43(50)42(49)44(51)46(47)53/h15,17,19-20,22-23,40,42-47,49-53H,3-14,16,18,21,24-39H2,1-2H3,(H,54,55)/b17-15-,20-19-,23-22-. The molecule has 0 amide bonds. The molecule has 0 radical (unpaired) electrons. The summed E-state index contributed by atoms with van der Waals surface area (Å²) in [7, 11) is -5.02. The number of ether oxygens (including phenoxy) is 2. The zero-order chi connectivity index (χ0) is 44.1. The van der Waals surface area contributed by atoms with Crippen molar-refractivity contribution in [3.8, 4) is 0 Å². The van der Waals surface area contributed by atoms with Gasteiger partial charge in [-0.2, -0.15) is 0 Å². The Morgan fingerprint density at radius 1 is 0.533 bits per heavy atom. The van der Waals surface area contributed by atoms with Crippen molar-refractivity contribution in [2.24, 2.45) is 0 Å². The van der Waals surface area contributed by atoms with Gasteiger partial charge in [0.15, 0.2) is 0 Å². The van der Waals surface area contributed by atoms with Crippen molar-refractivity contribution in [2.45, 2.75) is 236 Å². The van der Waals surface area contributed by atoms with Crippen molar-refractivity contribution in [1.82, 2.24) is 0 Å². The van der Waals surface area contributed by atoms with Gasteiger partial charge in [-0.15, -0.1) is 0 Å². The first-order valence-electron chi connectivity index (χ1n) is 23.8. The summed E-state index contributed by atoms with van der Waals surface area (Å²) in [5.74, 6) is -0.488. The molecule has 60 heavy (non-hydrogen) atoms. The predicted molar refractivity (Wildman–Crippen MR) is 239 cm³/mol. The number of aliphatic hydroxyl groups is 5. The molecule has 6 unspecified atom stereocenters. The number of hydrogen-bond acceptors (Lipinski definition) is 11. The molecule has 1 saturated carbocycles. The number of phosphoric ester groups is 1. The number of phosphoric acid groups is 1. The summed E-state index contributed by atoms with van der Waals surface area (Å²) in [4.78, 5) is 23.2. The van der Waals surface area contributed by atoms with Gasteiger partial charge in [0.2, 0.25) is 0 Å². The minimum atomic E-state index is -5.02. The lowest BCUT2D eigenvalue weighted by Gasteiger charge is -2.41. The average molecular weight is 875 g/mol. The van der Waals surface area contributed by atoms with Crippen LogP contribution in [0.1, 0.15) is 194 Å². The second kappa shape index (κ2) is 38.1. The topological polar surface area (TPSA) is 192 Å². The van der Waals surface area contributed by atoms with Gasteiger partial charge in [-0.1, -0.05) is 172 Å². The summed E-state index contributed by atoms with van der Waals surface area (Å²) < 4.78 is 34.2. The zero-order valence-corrected chi connectivity index (χ0v) is 38.4. The van der Waals surface area contributed by atoms with E-state index in [1.807, 2.05) is 0 Å². The van der Waals surface area contributed by atoms with Gasteiger partial charge >= 0.3 is 13.8 Å². The molecule has 6 atom stereocenters. The van der Waals surface area contributed by atoms with Crippen LogP contribution in [0.25, 0.3) is 0 Å². The van der Waals surface area contributed by atoms with E-state index in [2.05, 4.69) is 50.3 Å². The van der Waals surface area contributed by atoms with Crippen LogP contribution in [0.4, 0.5) is 0 Å². The van der Waals surface area contributed by atoms with Crippen LogP contribution in [-0.2, 0) is 27.9 Å². The average Bonchev–Trinajstić information content (AvgIpc) is 3.23. The molecular formula is C47H87O12P. The fourth-order valence-corrected chi connectivity index (χ4v) is 8.16. The summed E-state index contributed by atoms with van der Waals surface area (Å²) in [6.45, 7) is 4.24.